The number of nitrogens with zero attached hydrogens (tertiary/aromatic N) is 2. The second-order valence-electron chi connectivity index (χ2n) is 5.60. The van der Waals surface area contributed by atoms with Gasteiger partial charge in [0.2, 0.25) is 15.9 Å². The molecule has 1 aromatic carbocycles. The highest BCUT2D eigenvalue weighted by atomic mass is 32.2. The fourth-order valence-electron chi connectivity index (χ4n) is 2.29. The standard InChI is InChI=1S/C15H16N4O5S2/c1-9(14(20)16-6-10-7-25-8-17-10)18-26(22,23)11-3-4-12-13(5-11)24-15(21)19(12)2/h3-5,7-9,18H,6H2,1-2H3,(H,16,20). The number of aryl methyl sites for hydroxylation is 1. The molecule has 0 radical (unpaired) electrons. The quantitative estimate of drug-likeness (QED) is 0.628. The monoisotopic (exact) mass is 396 g/mol. The molecule has 0 saturated carbocycles. The van der Waals surface area contributed by atoms with E-state index in [0.29, 0.717) is 11.2 Å². The van der Waals surface area contributed by atoms with Gasteiger partial charge < -0.3 is 9.73 Å². The molecule has 1 unspecified atom stereocenters. The van der Waals surface area contributed by atoms with Crippen molar-refractivity contribution in [3.05, 3.63) is 45.3 Å². The van der Waals surface area contributed by atoms with Gasteiger partial charge in [-0.2, -0.15) is 4.72 Å². The lowest BCUT2D eigenvalue weighted by Crippen LogP contribution is -2.44. The Morgan fingerprint density at radius 2 is 2.19 bits per heavy atom. The molecule has 2 aromatic heterocycles. The Morgan fingerprint density at radius 1 is 1.42 bits per heavy atom. The predicted molar refractivity (Wildman–Crippen MR) is 95.2 cm³/mol. The first-order valence-electron chi connectivity index (χ1n) is 7.54. The zero-order valence-corrected chi connectivity index (χ0v) is 15.6. The van der Waals surface area contributed by atoms with Crippen LogP contribution in [0.2, 0.25) is 0 Å². The highest BCUT2D eigenvalue weighted by Crippen LogP contribution is 2.18. The molecule has 1 amide bonds. The lowest BCUT2D eigenvalue weighted by molar-refractivity contribution is -0.122. The number of carbonyl (C=O) groups is 1. The number of thiazole rings is 1. The van der Waals surface area contributed by atoms with Gasteiger partial charge in [0.25, 0.3) is 0 Å². The number of rotatable bonds is 6. The van der Waals surface area contributed by atoms with Crippen LogP contribution in [0.4, 0.5) is 0 Å². The highest BCUT2D eigenvalue weighted by molar-refractivity contribution is 7.89. The molecule has 0 spiro atoms. The van der Waals surface area contributed by atoms with E-state index in [1.54, 1.807) is 10.9 Å². The van der Waals surface area contributed by atoms with Gasteiger partial charge in [0, 0.05) is 18.5 Å². The van der Waals surface area contributed by atoms with Gasteiger partial charge in [-0.15, -0.1) is 11.3 Å². The number of carbonyl (C=O) groups excluding carboxylic acids is 1. The van der Waals surface area contributed by atoms with Gasteiger partial charge in [-0.25, -0.2) is 18.2 Å². The molecule has 1 atom stereocenters. The molecule has 2 N–H and O–H groups in total. The van der Waals surface area contributed by atoms with Gasteiger partial charge in [-0.1, -0.05) is 0 Å². The van der Waals surface area contributed by atoms with Crippen molar-refractivity contribution < 1.29 is 17.6 Å². The number of amides is 1. The number of aromatic nitrogens is 2. The van der Waals surface area contributed by atoms with Crippen LogP contribution in [0.5, 0.6) is 0 Å². The molecule has 0 bridgehead atoms. The van der Waals surface area contributed by atoms with E-state index in [4.69, 9.17) is 4.42 Å². The maximum absolute atomic E-state index is 12.5. The molecule has 0 aliphatic rings. The fourth-order valence-corrected chi connectivity index (χ4v) is 4.07. The van der Waals surface area contributed by atoms with E-state index in [2.05, 4.69) is 15.0 Å². The van der Waals surface area contributed by atoms with E-state index >= 15 is 0 Å². The van der Waals surface area contributed by atoms with Crippen molar-refractivity contribution in [2.75, 3.05) is 0 Å². The minimum Gasteiger partial charge on any atom is -0.408 e. The van der Waals surface area contributed by atoms with E-state index in [9.17, 15) is 18.0 Å². The summed E-state index contributed by atoms with van der Waals surface area (Å²) in [7, 11) is -2.44. The number of oxazole rings is 1. The molecule has 0 aliphatic carbocycles. The first-order chi connectivity index (χ1) is 12.3. The Kier molecular flexibility index (Phi) is 4.94. The third-order valence-electron chi connectivity index (χ3n) is 3.73. The Bertz CT molecular complexity index is 1100. The molecular weight excluding hydrogens is 380 g/mol. The summed E-state index contributed by atoms with van der Waals surface area (Å²) in [6.45, 7) is 1.66. The van der Waals surface area contributed by atoms with Gasteiger partial charge in [-0.05, 0) is 19.1 Å². The van der Waals surface area contributed by atoms with Crippen LogP contribution in [-0.4, -0.2) is 29.9 Å². The highest BCUT2D eigenvalue weighted by Gasteiger charge is 2.23. The molecule has 3 aromatic rings. The number of benzene rings is 1. The molecule has 26 heavy (non-hydrogen) atoms. The first-order valence-corrected chi connectivity index (χ1v) is 9.97. The summed E-state index contributed by atoms with van der Waals surface area (Å²) in [5.41, 5.74) is 2.97. The van der Waals surface area contributed by atoms with Crippen LogP contribution >= 0.6 is 11.3 Å². The molecule has 138 valence electrons. The molecule has 3 rings (SSSR count). The van der Waals surface area contributed by atoms with Gasteiger partial charge >= 0.3 is 5.76 Å². The van der Waals surface area contributed by atoms with Crippen LogP contribution in [0.1, 0.15) is 12.6 Å². The van der Waals surface area contributed by atoms with Crippen LogP contribution in [0.15, 0.2) is 43.2 Å². The lowest BCUT2D eigenvalue weighted by Gasteiger charge is -2.14. The zero-order chi connectivity index (χ0) is 18.9. The minimum absolute atomic E-state index is 0.0986. The number of fused-ring (bicyclic) bond motifs is 1. The second kappa shape index (κ2) is 7.02. The molecule has 11 heteroatoms. The van der Waals surface area contributed by atoms with E-state index in [1.165, 1.54) is 48.1 Å². The summed E-state index contributed by atoms with van der Waals surface area (Å²) < 4.78 is 33.5. The molecule has 0 fully saturated rings. The van der Waals surface area contributed by atoms with Crippen LogP contribution in [-0.2, 0) is 28.4 Å². The minimum atomic E-state index is -3.97. The summed E-state index contributed by atoms with van der Waals surface area (Å²) in [5.74, 6) is -1.06. The van der Waals surface area contributed by atoms with Crippen LogP contribution in [0.25, 0.3) is 11.1 Å². The van der Waals surface area contributed by atoms with Crippen molar-refractivity contribution in [3.63, 3.8) is 0 Å². The van der Waals surface area contributed by atoms with Gasteiger partial charge in [0.1, 0.15) is 0 Å². The van der Waals surface area contributed by atoms with Crippen molar-refractivity contribution in [1.82, 2.24) is 19.6 Å². The maximum Gasteiger partial charge on any atom is 0.419 e. The SMILES string of the molecule is CC(NS(=O)(=O)c1ccc2c(c1)oc(=O)n2C)C(=O)NCc1cscn1. The third-order valence-corrected chi connectivity index (χ3v) is 5.90. The lowest BCUT2D eigenvalue weighted by atomic mass is 10.3. The average molecular weight is 396 g/mol. The Hall–Kier alpha value is -2.50. The second-order valence-corrected chi connectivity index (χ2v) is 8.03. The number of nitrogens with one attached hydrogen (secondary N) is 2. The average Bonchev–Trinajstić information content (AvgIpc) is 3.20. The van der Waals surface area contributed by atoms with Gasteiger partial charge in [0.15, 0.2) is 5.58 Å². The van der Waals surface area contributed by atoms with Crippen molar-refractivity contribution in [2.45, 2.75) is 24.4 Å². The largest absolute Gasteiger partial charge is 0.419 e. The van der Waals surface area contributed by atoms with Crippen molar-refractivity contribution in [2.24, 2.45) is 7.05 Å². The topological polar surface area (TPSA) is 123 Å². The Balaban J connectivity index is 1.73. The number of hydrogen-bond donors (Lipinski definition) is 2. The summed E-state index contributed by atoms with van der Waals surface area (Å²) in [5, 5.41) is 4.40. The fraction of sp³-hybridized carbons (Fsp3) is 0.267. The van der Waals surface area contributed by atoms with E-state index in [1.807, 2.05) is 0 Å². The van der Waals surface area contributed by atoms with E-state index in [0.717, 1.165) is 0 Å². The summed E-state index contributed by atoms with van der Waals surface area (Å²) in [6.07, 6.45) is 0. The van der Waals surface area contributed by atoms with E-state index < -0.39 is 27.7 Å². The summed E-state index contributed by atoms with van der Waals surface area (Å²) in [4.78, 5) is 27.5. The van der Waals surface area contributed by atoms with Crippen LogP contribution < -0.4 is 15.8 Å². The molecule has 0 saturated heterocycles. The number of hydrogen-bond acceptors (Lipinski definition) is 7. The normalized spacial score (nSPS) is 13.0. The molecular formula is C15H16N4O5S2. The Labute approximate surface area is 152 Å². The smallest absolute Gasteiger partial charge is 0.408 e. The summed E-state index contributed by atoms with van der Waals surface area (Å²) in [6, 6.07) is 3.08. The molecule has 0 aliphatic heterocycles. The maximum atomic E-state index is 12.5. The van der Waals surface area contributed by atoms with Crippen molar-refractivity contribution in [3.8, 4) is 0 Å². The molecule has 9 nitrogen and oxygen atoms in total. The van der Waals surface area contributed by atoms with Crippen molar-refractivity contribution >= 4 is 38.4 Å². The third kappa shape index (κ3) is 3.69. The van der Waals surface area contributed by atoms with Gasteiger partial charge in [-0.3, -0.25) is 9.36 Å². The summed E-state index contributed by atoms with van der Waals surface area (Å²) >= 11 is 1.40. The number of sulfonamides is 1. The Morgan fingerprint density at radius 3 is 2.88 bits per heavy atom. The van der Waals surface area contributed by atoms with Crippen LogP contribution in [0.3, 0.4) is 0 Å². The van der Waals surface area contributed by atoms with Crippen LogP contribution in [0, 0.1) is 0 Å². The first kappa shape index (κ1) is 18.3. The van der Waals surface area contributed by atoms with E-state index in [-0.39, 0.29) is 17.0 Å². The van der Waals surface area contributed by atoms with Gasteiger partial charge in [0.05, 0.1) is 34.2 Å². The predicted octanol–water partition coefficient (Wildman–Crippen LogP) is 0.571. The van der Waals surface area contributed by atoms with Crippen molar-refractivity contribution in [1.29, 1.82) is 0 Å². The zero-order valence-electron chi connectivity index (χ0n) is 13.9. The molecule has 2 heterocycles.